The maximum atomic E-state index is 5.27. The van der Waals surface area contributed by atoms with Crippen molar-refractivity contribution in [3.63, 3.8) is 0 Å². The Morgan fingerprint density at radius 3 is 2.77 bits per heavy atom. The van der Waals surface area contributed by atoms with Crippen molar-refractivity contribution in [1.29, 1.82) is 0 Å². The van der Waals surface area contributed by atoms with Gasteiger partial charge in [-0.3, -0.25) is 4.90 Å². The van der Waals surface area contributed by atoms with Gasteiger partial charge in [0.15, 0.2) is 3.95 Å². The number of likely N-dealkylation sites (tertiary alicyclic amines) is 1. The number of aromatic nitrogens is 3. The van der Waals surface area contributed by atoms with Crippen LogP contribution in [0.5, 0.6) is 0 Å². The molecule has 0 N–H and O–H groups in total. The van der Waals surface area contributed by atoms with Crippen molar-refractivity contribution in [2.24, 2.45) is 0 Å². The second kappa shape index (κ2) is 6.16. The molecule has 1 aliphatic heterocycles. The van der Waals surface area contributed by atoms with Crippen LogP contribution in [0.3, 0.4) is 0 Å². The normalized spacial score (nSPS) is 17.3. The average molecular weight is 349 g/mol. The van der Waals surface area contributed by atoms with Gasteiger partial charge in [-0.15, -0.1) is 11.3 Å². The summed E-state index contributed by atoms with van der Waals surface area (Å²) >= 11 is 8.65. The van der Waals surface area contributed by atoms with Crippen molar-refractivity contribution in [3.8, 4) is 0 Å². The first-order valence-electron chi connectivity index (χ1n) is 7.38. The summed E-state index contributed by atoms with van der Waals surface area (Å²) in [6.07, 6.45) is 2.33. The number of thiazole rings is 1. The van der Waals surface area contributed by atoms with E-state index in [9.17, 15) is 0 Å². The molecule has 0 amide bonds. The summed E-state index contributed by atoms with van der Waals surface area (Å²) in [4.78, 5) is 7.25. The lowest BCUT2D eigenvalue weighted by atomic mass is 9.98. The SMILES string of the molecule is S=c1scnn1CN1CCC(c2nc3ccccc3s2)CC1. The minimum atomic E-state index is 0.594. The molecule has 0 aliphatic carbocycles. The highest BCUT2D eigenvalue weighted by Gasteiger charge is 2.23. The first-order valence-corrected chi connectivity index (χ1v) is 9.48. The predicted octanol–water partition coefficient (Wildman–Crippen LogP) is 4.12. The first-order chi connectivity index (χ1) is 10.8. The largest absolute Gasteiger partial charge is 0.284 e. The molecule has 2 aromatic heterocycles. The van der Waals surface area contributed by atoms with Crippen molar-refractivity contribution in [2.75, 3.05) is 13.1 Å². The molecule has 0 unspecified atom stereocenters. The van der Waals surface area contributed by atoms with Crippen LogP contribution in [0.15, 0.2) is 29.8 Å². The molecule has 22 heavy (non-hydrogen) atoms. The van der Waals surface area contributed by atoms with Crippen molar-refractivity contribution < 1.29 is 0 Å². The van der Waals surface area contributed by atoms with Crippen molar-refractivity contribution in [3.05, 3.63) is 38.7 Å². The number of benzene rings is 1. The van der Waals surface area contributed by atoms with Crippen molar-refractivity contribution >= 4 is 45.1 Å². The molecule has 1 fully saturated rings. The Kier molecular flexibility index (Phi) is 4.04. The number of para-hydroxylation sites is 1. The average Bonchev–Trinajstić information content (AvgIpc) is 3.15. The molecule has 114 valence electrons. The van der Waals surface area contributed by atoms with E-state index < -0.39 is 0 Å². The summed E-state index contributed by atoms with van der Waals surface area (Å²) in [5.41, 5.74) is 2.95. The fourth-order valence-corrected chi connectivity index (χ4v) is 4.75. The zero-order chi connectivity index (χ0) is 14.9. The summed E-state index contributed by atoms with van der Waals surface area (Å²) in [7, 11) is 0. The molecular weight excluding hydrogens is 332 g/mol. The molecule has 3 heterocycles. The smallest absolute Gasteiger partial charge is 0.180 e. The van der Waals surface area contributed by atoms with Gasteiger partial charge in [0.05, 0.1) is 21.9 Å². The van der Waals surface area contributed by atoms with Crippen LogP contribution in [-0.2, 0) is 6.67 Å². The molecular formula is C15H16N4S3. The van der Waals surface area contributed by atoms with Crippen LogP contribution in [0.25, 0.3) is 10.2 Å². The lowest BCUT2D eigenvalue weighted by Gasteiger charge is -2.30. The van der Waals surface area contributed by atoms with E-state index in [4.69, 9.17) is 17.2 Å². The van der Waals surface area contributed by atoms with Gasteiger partial charge in [-0.2, -0.15) is 5.10 Å². The fourth-order valence-electron chi connectivity index (χ4n) is 2.90. The Labute approximate surface area is 142 Å². The van der Waals surface area contributed by atoms with Crippen LogP contribution in [0.4, 0.5) is 0 Å². The van der Waals surface area contributed by atoms with Crippen LogP contribution in [-0.4, -0.2) is 32.8 Å². The molecule has 3 aromatic rings. The molecule has 1 aliphatic rings. The zero-order valence-corrected chi connectivity index (χ0v) is 14.5. The van der Waals surface area contributed by atoms with E-state index in [0.29, 0.717) is 5.92 Å². The Hall–Kier alpha value is -1.15. The Bertz CT molecular complexity index is 793. The molecule has 1 aromatic carbocycles. The zero-order valence-electron chi connectivity index (χ0n) is 12.0. The van der Waals surface area contributed by atoms with Gasteiger partial charge in [0.1, 0.15) is 5.51 Å². The molecule has 0 bridgehead atoms. The standard InChI is InChI=1S/C15H16N4S3/c20-15-19(16-9-21-15)10-18-7-5-11(6-8-18)14-17-12-3-1-2-4-13(12)22-14/h1-4,9,11H,5-8,10H2. The topological polar surface area (TPSA) is 34.0 Å². The van der Waals surface area contributed by atoms with E-state index in [2.05, 4.69) is 34.3 Å². The minimum absolute atomic E-state index is 0.594. The van der Waals surface area contributed by atoms with Gasteiger partial charge in [0.2, 0.25) is 0 Å². The van der Waals surface area contributed by atoms with Gasteiger partial charge in [-0.05, 0) is 37.2 Å². The van der Waals surface area contributed by atoms with Gasteiger partial charge in [0, 0.05) is 19.0 Å². The molecule has 0 atom stereocenters. The van der Waals surface area contributed by atoms with E-state index in [1.54, 1.807) is 0 Å². The van der Waals surface area contributed by atoms with E-state index in [-0.39, 0.29) is 0 Å². The summed E-state index contributed by atoms with van der Waals surface area (Å²) in [5.74, 6) is 0.594. The second-order valence-electron chi connectivity index (χ2n) is 5.56. The fraction of sp³-hybridized carbons (Fsp3) is 0.400. The molecule has 0 spiro atoms. The van der Waals surface area contributed by atoms with E-state index >= 15 is 0 Å². The lowest BCUT2D eigenvalue weighted by Crippen LogP contribution is -2.34. The van der Waals surface area contributed by atoms with E-state index in [1.807, 2.05) is 21.5 Å². The lowest BCUT2D eigenvalue weighted by molar-refractivity contribution is 0.161. The summed E-state index contributed by atoms with van der Waals surface area (Å²) in [5, 5.41) is 5.59. The Morgan fingerprint density at radius 1 is 1.23 bits per heavy atom. The van der Waals surface area contributed by atoms with E-state index in [0.717, 1.165) is 42.1 Å². The van der Waals surface area contributed by atoms with Crippen molar-refractivity contribution in [2.45, 2.75) is 25.4 Å². The number of fused-ring (bicyclic) bond motifs is 1. The summed E-state index contributed by atoms with van der Waals surface area (Å²) in [6.45, 7) is 2.98. The van der Waals surface area contributed by atoms with Crippen LogP contribution in [0.2, 0.25) is 0 Å². The maximum Gasteiger partial charge on any atom is 0.180 e. The third-order valence-corrected chi connectivity index (χ3v) is 6.44. The molecule has 0 saturated carbocycles. The third-order valence-electron chi connectivity index (χ3n) is 4.13. The maximum absolute atomic E-state index is 5.27. The Morgan fingerprint density at radius 2 is 2.05 bits per heavy atom. The Balaban J connectivity index is 1.43. The summed E-state index contributed by atoms with van der Waals surface area (Å²) in [6, 6.07) is 8.42. The quantitative estimate of drug-likeness (QED) is 0.667. The van der Waals surface area contributed by atoms with Crippen LogP contribution < -0.4 is 0 Å². The summed E-state index contributed by atoms with van der Waals surface area (Å²) < 4.78 is 4.07. The van der Waals surface area contributed by atoms with Crippen molar-refractivity contribution in [1.82, 2.24) is 19.7 Å². The molecule has 0 radical (unpaired) electrons. The number of nitrogens with zero attached hydrogens (tertiary/aromatic N) is 4. The molecule has 1 saturated heterocycles. The molecule has 7 heteroatoms. The van der Waals surface area contributed by atoms with Crippen LogP contribution >= 0.6 is 34.9 Å². The highest BCUT2D eigenvalue weighted by molar-refractivity contribution is 7.73. The molecule has 4 rings (SSSR count). The first kappa shape index (κ1) is 14.4. The van der Waals surface area contributed by atoms with Gasteiger partial charge >= 0.3 is 0 Å². The predicted molar refractivity (Wildman–Crippen MR) is 94.1 cm³/mol. The van der Waals surface area contributed by atoms with Crippen LogP contribution in [0.1, 0.15) is 23.8 Å². The van der Waals surface area contributed by atoms with E-state index in [1.165, 1.54) is 21.0 Å². The monoisotopic (exact) mass is 348 g/mol. The number of piperidine rings is 1. The van der Waals surface area contributed by atoms with Gasteiger partial charge in [-0.1, -0.05) is 23.5 Å². The number of hydrogen-bond acceptors (Lipinski definition) is 6. The van der Waals surface area contributed by atoms with Crippen LogP contribution in [0, 0.1) is 3.95 Å². The second-order valence-corrected chi connectivity index (χ2v) is 8.10. The van der Waals surface area contributed by atoms with Gasteiger partial charge in [-0.25, -0.2) is 9.67 Å². The third kappa shape index (κ3) is 2.86. The van der Waals surface area contributed by atoms with Gasteiger partial charge < -0.3 is 0 Å². The number of hydrogen-bond donors (Lipinski definition) is 0. The number of rotatable bonds is 3. The highest BCUT2D eigenvalue weighted by Crippen LogP contribution is 2.33. The molecule has 4 nitrogen and oxygen atoms in total. The van der Waals surface area contributed by atoms with Gasteiger partial charge in [0.25, 0.3) is 0 Å². The minimum Gasteiger partial charge on any atom is -0.284 e. The highest BCUT2D eigenvalue weighted by atomic mass is 32.1.